The minimum absolute atomic E-state index is 0.150. The lowest BCUT2D eigenvalue weighted by Crippen LogP contribution is -2.27. The molecule has 0 atom stereocenters. The molecule has 0 saturated heterocycles. The number of aromatic nitrogens is 2. The Morgan fingerprint density at radius 1 is 1.41 bits per heavy atom. The Morgan fingerprint density at radius 2 is 2.06 bits per heavy atom. The average molecular weight is 260 g/mol. The SMILES string of the molecule is COc1nnc(Cl)cc1NC(=O)OC(C)(C)C. The van der Waals surface area contributed by atoms with Crippen LogP contribution in [0.15, 0.2) is 6.07 Å². The van der Waals surface area contributed by atoms with Crippen LogP contribution in [0.2, 0.25) is 5.15 Å². The number of hydrogen-bond acceptors (Lipinski definition) is 5. The monoisotopic (exact) mass is 259 g/mol. The number of nitrogens with zero attached hydrogens (tertiary/aromatic N) is 2. The van der Waals surface area contributed by atoms with E-state index < -0.39 is 11.7 Å². The molecule has 7 heteroatoms. The molecule has 1 rings (SSSR count). The van der Waals surface area contributed by atoms with E-state index in [2.05, 4.69) is 15.5 Å². The van der Waals surface area contributed by atoms with Gasteiger partial charge in [-0.3, -0.25) is 5.32 Å². The van der Waals surface area contributed by atoms with Gasteiger partial charge in [0.1, 0.15) is 11.3 Å². The van der Waals surface area contributed by atoms with Gasteiger partial charge in [0, 0.05) is 6.07 Å². The van der Waals surface area contributed by atoms with Gasteiger partial charge in [0.05, 0.1) is 7.11 Å². The van der Waals surface area contributed by atoms with Gasteiger partial charge in [-0.15, -0.1) is 10.2 Å². The number of nitrogens with one attached hydrogen (secondary N) is 1. The van der Waals surface area contributed by atoms with Gasteiger partial charge in [-0.2, -0.15) is 0 Å². The molecule has 6 nitrogen and oxygen atoms in total. The van der Waals surface area contributed by atoms with Gasteiger partial charge >= 0.3 is 6.09 Å². The van der Waals surface area contributed by atoms with Gasteiger partial charge in [-0.05, 0) is 20.8 Å². The van der Waals surface area contributed by atoms with Crippen LogP contribution in [0.3, 0.4) is 0 Å². The Kier molecular flexibility index (Phi) is 4.11. The molecular weight excluding hydrogens is 246 g/mol. The Labute approximate surface area is 104 Å². The van der Waals surface area contributed by atoms with E-state index in [1.54, 1.807) is 20.8 Å². The van der Waals surface area contributed by atoms with E-state index in [0.717, 1.165) is 0 Å². The quantitative estimate of drug-likeness (QED) is 0.883. The highest BCUT2D eigenvalue weighted by molar-refractivity contribution is 6.29. The summed E-state index contributed by atoms with van der Waals surface area (Å²) in [6, 6.07) is 1.43. The van der Waals surface area contributed by atoms with Crippen LogP contribution in [0, 0.1) is 0 Å². The normalized spacial score (nSPS) is 10.9. The number of carbonyl (C=O) groups excluding carboxylic acids is 1. The summed E-state index contributed by atoms with van der Waals surface area (Å²) in [5.41, 5.74) is -0.275. The van der Waals surface area contributed by atoms with Gasteiger partial charge in [0.25, 0.3) is 5.88 Å². The predicted molar refractivity (Wildman–Crippen MR) is 63.5 cm³/mol. The second-order valence-corrected chi connectivity index (χ2v) is 4.60. The van der Waals surface area contributed by atoms with E-state index in [-0.39, 0.29) is 11.0 Å². The maximum atomic E-state index is 11.5. The molecule has 94 valence electrons. The lowest BCUT2D eigenvalue weighted by atomic mass is 10.2. The predicted octanol–water partition coefficient (Wildman–Crippen LogP) is 2.49. The first-order valence-corrected chi connectivity index (χ1v) is 5.27. The summed E-state index contributed by atoms with van der Waals surface area (Å²) in [5, 5.41) is 9.90. The fraction of sp³-hybridized carbons (Fsp3) is 0.500. The van der Waals surface area contributed by atoms with Crippen molar-refractivity contribution in [2.75, 3.05) is 12.4 Å². The number of methoxy groups -OCH3 is 1. The van der Waals surface area contributed by atoms with Crippen molar-refractivity contribution in [2.45, 2.75) is 26.4 Å². The second-order valence-electron chi connectivity index (χ2n) is 4.22. The van der Waals surface area contributed by atoms with Crippen molar-refractivity contribution >= 4 is 23.4 Å². The first-order valence-electron chi connectivity index (χ1n) is 4.89. The Hall–Kier alpha value is -1.56. The molecule has 0 aliphatic heterocycles. The zero-order chi connectivity index (χ0) is 13.1. The Bertz CT molecular complexity index is 418. The second kappa shape index (κ2) is 5.18. The lowest BCUT2D eigenvalue weighted by Gasteiger charge is -2.19. The number of carbonyl (C=O) groups is 1. The van der Waals surface area contributed by atoms with Gasteiger partial charge in [-0.25, -0.2) is 4.79 Å². The Morgan fingerprint density at radius 3 is 2.59 bits per heavy atom. The molecule has 0 unspecified atom stereocenters. The minimum Gasteiger partial charge on any atom is -0.478 e. The van der Waals surface area contributed by atoms with Crippen LogP contribution in [0.5, 0.6) is 5.88 Å². The summed E-state index contributed by atoms with van der Waals surface area (Å²) in [6.07, 6.45) is -0.611. The van der Waals surface area contributed by atoms with Crippen molar-refractivity contribution < 1.29 is 14.3 Å². The van der Waals surface area contributed by atoms with Crippen molar-refractivity contribution in [3.8, 4) is 5.88 Å². The van der Waals surface area contributed by atoms with E-state index in [1.165, 1.54) is 13.2 Å². The highest BCUT2D eigenvalue weighted by atomic mass is 35.5. The van der Waals surface area contributed by atoms with Crippen LogP contribution < -0.4 is 10.1 Å². The van der Waals surface area contributed by atoms with Crippen LogP contribution in [-0.2, 0) is 4.74 Å². The first-order chi connectivity index (χ1) is 7.81. The van der Waals surface area contributed by atoms with Crippen LogP contribution in [0.4, 0.5) is 10.5 Å². The molecule has 0 fully saturated rings. The Balaban J connectivity index is 2.80. The van der Waals surface area contributed by atoms with Gasteiger partial charge in [0.15, 0.2) is 5.15 Å². The first kappa shape index (κ1) is 13.5. The van der Waals surface area contributed by atoms with E-state index in [0.29, 0.717) is 5.69 Å². The highest BCUT2D eigenvalue weighted by Gasteiger charge is 2.18. The maximum Gasteiger partial charge on any atom is 0.412 e. The minimum atomic E-state index is -0.611. The van der Waals surface area contributed by atoms with Crippen molar-refractivity contribution in [2.24, 2.45) is 0 Å². The lowest BCUT2D eigenvalue weighted by molar-refractivity contribution is 0.0635. The zero-order valence-electron chi connectivity index (χ0n) is 10.1. The number of halogens is 1. The smallest absolute Gasteiger partial charge is 0.412 e. The van der Waals surface area contributed by atoms with Crippen LogP contribution in [-0.4, -0.2) is 29.0 Å². The summed E-state index contributed by atoms with van der Waals surface area (Å²) in [7, 11) is 1.41. The fourth-order valence-electron chi connectivity index (χ4n) is 1.01. The third kappa shape index (κ3) is 4.44. The zero-order valence-corrected chi connectivity index (χ0v) is 10.8. The molecular formula is C10H14ClN3O3. The average Bonchev–Trinajstić information content (AvgIpc) is 2.14. The van der Waals surface area contributed by atoms with Gasteiger partial charge in [-0.1, -0.05) is 11.6 Å². The molecule has 0 aliphatic carbocycles. The van der Waals surface area contributed by atoms with E-state index in [4.69, 9.17) is 21.1 Å². The molecule has 1 aromatic heterocycles. The van der Waals surface area contributed by atoms with Gasteiger partial charge < -0.3 is 9.47 Å². The molecule has 0 radical (unpaired) electrons. The van der Waals surface area contributed by atoms with Crippen LogP contribution >= 0.6 is 11.6 Å². The summed E-state index contributed by atoms with van der Waals surface area (Å²) >= 11 is 5.67. The number of hydrogen-bond donors (Lipinski definition) is 1. The third-order valence-electron chi connectivity index (χ3n) is 1.56. The summed E-state index contributed by atoms with van der Waals surface area (Å²) < 4.78 is 10.0. The molecule has 0 saturated carbocycles. The van der Waals surface area contributed by atoms with E-state index in [1.807, 2.05) is 0 Å². The van der Waals surface area contributed by atoms with Crippen molar-refractivity contribution in [1.82, 2.24) is 10.2 Å². The maximum absolute atomic E-state index is 11.5. The van der Waals surface area contributed by atoms with E-state index in [9.17, 15) is 4.79 Å². The number of anilines is 1. The van der Waals surface area contributed by atoms with Crippen molar-refractivity contribution in [3.63, 3.8) is 0 Å². The molecule has 1 amide bonds. The van der Waals surface area contributed by atoms with Gasteiger partial charge in [0.2, 0.25) is 0 Å². The molecule has 1 heterocycles. The number of amides is 1. The van der Waals surface area contributed by atoms with Crippen molar-refractivity contribution in [1.29, 1.82) is 0 Å². The number of rotatable bonds is 2. The topological polar surface area (TPSA) is 73.3 Å². The van der Waals surface area contributed by atoms with Crippen LogP contribution in [0.25, 0.3) is 0 Å². The molecule has 17 heavy (non-hydrogen) atoms. The molecule has 0 bridgehead atoms. The molecule has 0 aliphatic rings. The third-order valence-corrected chi connectivity index (χ3v) is 1.74. The van der Waals surface area contributed by atoms with Crippen LogP contribution in [0.1, 0.15) is 20.8 Å². The highest BCUT2D eigenvalue weighted by Crippen LogP contribution is 2.23. The number of ether oxygens (including phenoxy) is 2. The largest absolute Gasteiger partial charge is 0.478 e. The molecule has 1 N–H and O–H groups in total. The van der Waals surface area contributed by atoms with E-state index >= 15 is 0 Å². The molecule has 1 aromatic rings. The summed E-state index contributed by atoms with van der Waals surface area (Å²) in [4.78, 5) is 11.5. The summed E-state index contributed by atoms with van der Waals surface area (Å²) in [6.45, 7) is 5.30. The summed E-state index contributed by atoms with van der Waals surface area (Å²) in [5.74, 6) is 0.167. The fourth-order valence-corrected chi connectivity index (χ4v) is 1.16. The molecule has 0 spiro atoms. The molecule has 0 aromatic carbocycles. The van der Waals surface area contributed by atoms with Crippen molar-refractivity contribution in [3.05, 3.63) is 11.2 Å². The standard InChI is InChI=1S/C10H14ClN3O3/c1-10(2,3)17-9(15)12-6-5-7(11)13-14-8(6)16-4/h5H,1-4H3,(H,12,13,15).